The molecule has 1 saturated heterocycles. The molecule has 0 radical (unpaired) electrons. The van der Waals surface area contributed by atoms with E-state index in [-0.39, 0.29) is 24.0 Å². The van der Waals surface area contributed by atoms with E-state index in [1.54, 1.807) is 0 Å². The van der Waals surface area contributed by atoms with Crippen molar-refractivity contribution in [3.05, 3.63) is 0 Å². The van der Waals surface area contributed by atoms with Gasteiger partial charge in [0.05, 0.1) is 6.54 Å². The number of aliphatic hydroxyl groups excluding tert-OH is 1. The van der Waals surface area contributed by atoms with Crippen molar-refractivity contribution in [3.63, 3.8) is 0 Å². The van der Waals surface area contributed by atoms with E-state index in [4.69, 9.17) is 0 Å². The molecule has 96 valence electrons. The first-order valence-electron chi connectivity index (χ1n) is 5.99. The molecule has 1 N–H and O–H groups in total. The van der Waals surface area contributed by atoms with Gasteiger partial charge in [0.1, 0.15) is 12.0 Å². The molecule has 1 fully saturated rings. The summed E-state index contributed by atoms with van der Waals surface area (Å²) in [6.07, 6.45) is 2.16. The smallest absolute Gasteiger partial charge is 0.225 e. The van der Waals surface area contributed by atoms with E-state index in [0.717, 1.165) is 0 Å². The van der Waals surface area contributed by atoms with Crippen LogP contribution >= 0.6 is 0 Å². The molecule has 17 heavy (non-hydrogen) atoms. The Labute approximate surface area is 101 Å². The summed E-state index contributed by atoms with van der Waals surface area (Å²) in [5.74, 6) is -0.0833. The highest BCUT2D eigenvalue weighted by Crippen LogP contribution is 2.16. The van der Waals surface area contributed by atoms with Crippen LogP contribution in [-0.4, -0.2) is 40.3 Å². The Morgan fingerprint density at radius 1 is 1.35 bits per heavy atom. The molecule has 0 aromatic heterocycles. The van der Waals surface area contributed by atoms with Crippen molar-refractivity contribution in [1.82, 2.24) is 4.90 Å². The van der Waals surface area contributed by atoms with Crippen LogP contribution in [0.1, 0.15) is 45.4 Å². The minimum atomic E-state index is -0.802. The summed E-state index contributed by atoms with van der Waals surface area (Å²) in [6.45, 7) is 1.53. The second kappa shape index (κ2) is 6.49. The van der Waals surface area contributed by atoms with Gasteiger partial charge in [-0.1, -0.05) is 0 Å². The molecule has 0 saturated carbocycles. The van der Waals surface area contributed by atoms with Gasteiger partial charge >= 0.3 is 0 Å². The van der Waals surface area contributed by atoms with Gasteiger partial charge in [-0.2, -0.15) is 0 Å². The minimum absolute atomic E-state index is 0.0000709. The van der Waals surface area contributed by atoms with Crippen molar-refractivity contribution >= 4 is 17.5 Å². The maximum atomic E-state index is 11.5. The Morgan fingerprint density at radius 3 is 2.53 bits per heavy atom. The number of carbonyl (C=O) groups excluding carboxylic acids is 3. The third kappa shape index (κ3) is 4.65. The first-order chi connectivity index (χ1) is 8.00. The lowest BCUT2D eigenvalue weighted by Crippen LogP contribution is -2.37. The van der Waals surface area contributed by atoms with Gasteiger partial charge in [-0.15, -0.1) is 0 Å². The van der Waals surface area contributed by atoms with Crippen molar-refractivity contribution in [1.29, 1.82) is 0 Å². The molecular formula is C12H19NO4. The first kappa shape index (κ1) is 13.8. The molecular weight excluding hydrogens is 222 g/mol. The van der Waals surface area contributed by atoms with Gasteiger partial charge in [0.25, 0.3) is 0 Å². The minimum Gasteiger partial charge on any atom is -0.373 e. The summed E-state index contributed by atoms with van der Waals surface area (Å²) in [5, 5.41) is 9.46. The van der Waals surface area contributed by atoms with Crippen LogP contribution in [0.4, 0.5) is 0 Å². The number of hydrogen-bond acceptors (Lipinski definition) is 4. The molecule has 0 spiro atoms. The van der Waals surface area contributed by atoms with Gasteiger partial charge in [0.2, 0.25) is 5.91 Å². The summed E-state index contributed by atoms with van der Waals surface area (Å²) in [7, 11) is 0. The number of unbranched alkanes of at least 4 members (excludes halogenated alkanes) is 1. The van der Waals surface area contributed by atoms with Crippen LogP contribution in [0.15, 0.2) is 0 Å². The molecule has 1 amide bonds. The van der Waals surface area contributed by atoms with E-state index in [1.807, 2.05) is 0 Å². The maximum Gasteiger partial charge on any atom is 0.225 e. The van der Waals surface area contributed by atoms with Crippen molar-refractivity contribution in [3.8, 4) is 0 Å². The molecule has 1 aliphatic heterocycles. The van der Waals surface area contributed by atoms with Crippen molar-refractivity contribution in [2.75, 3.05) is 6.54 Å². The highest BCUT2D eigenvalue weighted by atomic mass is 16.3. The van der Waals surface area contributed by atoms with E-state index in [0.29, 0.717) is 38.5 Å². The Bertz CT molecular complexity index is 314. The lowest BCUT2D eigenvalue weighted by molar-refractivity contribution is -0.138. The fraction of sp³-hybridized carbons (Fsp3) is 0.750. The average Bonchev–Trinajstić information content (AvgIpc) is 2.56. The number of rotatable bonds is 7. The molecule has 1 heterocycles. The van der Waals surface area contributed by atoms with Gasteiger partial charge in [0.15, 0.2) is 5.78 Å². The lowest BCUT2D eigenvalue weighted by atomic mass is 10.1. The van der Waals surface area contributed by atoms with E-state index in [1.165, 1.54) is 11.8 Å². The predicted molar refractivity (Wildman–Crippen MR) is 61.1 cm³/mol. The molecule has 0 bridgehead atoms. The zero-order valence-corrected chi connectivity index (χ0v) is 10.1. The Morgan fingerprint density at radius 2 is 2.00 bits per heavy atom. The summed E-state index contributed by atoms with van der Waals surface area (Å²) < 4.78 is 0. The lowest BCUT2D eigenvalue weighted by Gasteiger charge is -2.19. The highest BCUT2D eigenvalue weighted by Gasteiger charge is 2.30. The largest absolute Gasteiger partial charge is 0.373 e. The summed E-state index contributed by atoms with van der Waals surface area (Å²) in [6, 6.07) is 0. The van der Waals surface area contributed by atoms with Crippen LogP contribution in [0.3, 0.4) is 0 Å². The normalized spacial score (nSPS) is 19.8. The van der Waals surface area contributed by atoms with Crippen molar-refractivity contribution < 1.29 is 19.5 Å². The molecule has 1 atom stereocenters. The van der Waals surface area contributed by atoms with Crippen LogP contribution < -0.4 is 0 Å². The zero-order valence-electron chi connectivity index (χ0n) is 10.1. The van der Waals surface area contributed by atoms with E-state index in [2.05, 4.69) is 0 Å². The number of amides is 1. The summed E-state index contributed by atoms with van der Waals surface area (Å²) in [4.78, 5) is 34.8. The molecule has 1 aliphatic rings. The predicted octanol–water partition coefficient (Wildman–Crippen LogP) is 0.646. The number of carbonyl (C=O) groups is 3. The van der Waals surface area contributed by atoms with Gasteiger partial charge in [-0.3, -0.25) is 9.59 Å². The fourth-order valence-corrected chi connectivity index (χ4v) is 1.88. The Kier molecular flexibility index (Phi) is 5.28. The quantitative estimate of drug-likeness (QED) is 0.664. The topological polar surface area (TPSA) is 74.7 Å². The maximum absolute atomic E-state index is 11.5. The number of hydrogen-bond donors (Lipinski definition) is 1. The van der Waals surface area contributed by atoms with Gasteiger partial charge in [0, 0.05) is 25.7 Å². The number of nitrogens with zero attached hydrogens (tertiary/aromatic N) is 1. The third-order valence-corrected chi connectivity index (χ3v) is 2.88. The van der Waals surface area contributed by atoms with E-state index < -0.39 is 6.23 Å². The summed E-state index contributed by atoms with van der Waals surface area (Å²) >= 11 is 0. The number of ketones is 2. The second-order valence-corrected chi connectivity index (χ2v) is 4.49. The number of Topliss-reactive ketones (excluding diaryl/α,β-unsaturated/α-hetero) is 2. The Hall–Kier alpha value is -1.23. The molecule has 5 nitrogen and oxygen atoms in total. The molecule has 0 aromatic carbocycles. The van der Waals surface area contributed by atoms with Gasteiger partial charge in [-0.25, -0.2) is 0 Å². The standard InChI is InChI=1S/C12H19NO4/c1-9(14)4-2-3-5-10(15)8-13-11(16)6-7-12(13)17/h11,16H,2-8H2,1H3. The molecule has 5 heteroatoms. The molecule has 0 aliphatic carbocycles. The van der Waals surface area contributed by atoms with Crippen LogP contribution in [0.2, 0.25) is 0 Å². The summed E-state index contributed by atoms with van der Waals surface area (Å²) in [5.41, 5.74) is 0. The monoisotopic (exact) mass is 241 g/mol. The fourth-order valence-electron chi connectivity index (χ4n) is 1.88. The van der Waals surface area contributed by atoms with Crippen LogP contribution in [0.25, 0.3) is 0 Å². The second-order valence-electron chi connectivity index (χ2n) is 4.49. The zero-order chi connectivity index (χ0) is 12.8. The third-order valence-electron chi connectivity index (χ3n) is 2.88. The molecule has 1 rings (SSSR count). The van der Waals surface area contributed by atoms with Crippen LogP contribution in [0.5, 0.6) is 0 Å². The molecule has 1 unspecified atom stereocenters. The van der Waals surface area contributed by atoms with Gasteiger partial charge < -0.3 is 14.8 Å². The first-order valence-corrected chi connectivity index (χ1v) is 5.99. The van der Waals surface area contributed by atoms with Crippen LogP contribution in [-0.2, 0) is 14.4 Å². The van der Waals surface area contributed by atoms with Crippen LogP contribution in [0, 0.1) is 0 Å². The number of aliphatic hydroxyl groups is 1. The molecule has 0 aromatic rings. The van der Waals surface area contributed by atoms with Crippen molar-refractivity contribution in [2.24, 2.45) is 0 Å². The Balaban J connectivity index is 2.20. The van der Waals surface area contributed by atoms with Gasteiger partial charge in [-0.05, 0) is 19.8 Å². The van der Waals surface area contributed by atoms with E-state index >= 15 is 0 Å². The van der Waals surface area contributed by atoms with E-state index in [9.17, 15) is 19.5 Å². The highest BCUT2D eigenvalue weighted by molar-refractivity contribution is 5.87. The average molecular weight is 241 g/mol. The SMILES string of the molecule is CC(=O)CCCCC(=O)CN1C(=O)CCC1O. The van der Waals surface area contributed by atoms with Crippen molar-refractivity contribution in [2.45, 2.75) is 51.7 Å². The number of likely N-dealkylation sites (tertiary alicyclic amines) is 1.